The lowest BCUT2D eigenvalue weighted by Gasteiger charge is -2.12. The summed E-state index contributed by atoms with van der Waals surface area (Å²) in [5.74, 6) is 1.26. The van der Waals surface area contributed by atoms with Crippen molar-refractivity contribution >= 4 is 21.8 Å². The lowest BCUT2D eigenvalue weighted by Crippen LogP contribution is -1.99. The van der Waals surface area contributed by atoms with Gasteiger partial charge < -0.3 is 9.13 Å². The Bertz CT molecular complexity index is 1320. The first-order valence-electron chi connectivity index (χ1n) is 12.2. The van der Waals surface area contributed by atoms with E-state index in [1.165, 1.54) is 49.9 Å². The Morgan fingerprint density at radius 1 is 0.606 bits per heavy atom. The summed E-state index contributed by atoms with van der Waals surface area (Å²) in [6.07, 6.45) is 6.88. The van der Waals surface area contributed by atoms with Crippen molar-refractivity contribution in [3.8, 4) is 11.4 Å². The molecule has 0 fully saturated rings. The number of rotatable bonds is 6. The summed E-state index contributed by atoms with van der Waals surface area (Å²) in [7, 11) is 0. The molecule has 2 nitrogen and oxygen atoms in total. The van der Waals surface area contributed by atoms with Crippen LogP contribution in [0.15, 0.2) is 79.1 Å². The van der Waals surface area contributed by atoms with Crippen molar-refractivity contribution in [2.75, 3.05) is 0 Å². The maximum atomic E-state index is 2.38. The molecule has 0 amide bonds. The Morgan fingerprint density at radius 2 is 1.03 bits per heavy atom. The minimum Gasteiger partial charge on any atom is -0.316 e. The fourth-order valence-electron chi connectivity index (χ4n) is 5.15. The first-order valence-corrected chi connectivity index (χ1v) is 12.2. The zero-order valence-corrected chi connectivity index (χ0v) is 20.5. The number of aromatic nitrogens is 2. The third kappa shape index (κ3) is 4.11. The van der Waals surface area contributed by atoms with Crippen molar-refractivity contribution in [1.82, 2.24) is 9.13 Å². The van der Waals surface area contributed by atoms with Gasteiger partial charge in [0.2, 0.25) is 0 Å². The van der Waals surface area contributed by atoms with Crippen LogP contribution in [-0.4, -0.2) is 9.13 Å². The number of hydrogen-bond acceptors (Lipinski definition) is 0. The van der Waals surface area contributed by atoms with Crippen LogP contribution < -0.4 is 0 Å². The van der Waals surface area contributed by atoms with Crippen LogP contribution in [-0.2, 0) is 12.8 Å². The summed E-state index contributed by atoms with van der Waals surface area (Å²) in [5.41, 5.74) is 9.13. The van der Waals surface area contributed by atoms with Crippen molar-refractivity contribution in [1.29, 1.82) is 0 Å². The lowest BCUT2D eigenvalue weighted by molar-refractivity contribution is 0.649. The smallest absolute Gasteiger partial charge is 0.0531 e. The normalized spacial score (nSPS) is 12.0. The molecule has 0 saturated carbocycles. The minimum absolute atomic E-state index is 0.628. The number of nitrogens with zero attached hydrogens (tertiary/aromatic N) is 2. The molecule has 0 spiro atoms. The molecule has 168 valence electrons. The minimum atomic E-state index is 0.628. The van der Waals surface area contributed by atoms with Crippen molar-refractivity contribution in [2.24, 2.45) is 11.8 Å². The second kappa shape index (κ2) is 8.59. The maximum Gasteiger partial charge on any atom is 0.0531 e. The van der Waals surface area contributed by atoms with Gasteiger partial charge in [0.05, 0.1) is 11.0 Å². The number of hydrogen-bond donors (Lipinski definition) is 0. The van der Waals surface area contributed by atoms with Gasteiger partial charge in [0.15, 0.2) is 0 Å². The zero-order chi connectivity index (χ0) is 23.1. The van der Waals surface area contributed by atoms with Crippen LogP contribution in [0.4, 0.5) is 0 Å². The Labute approximate surface area is 197 Å². The van der Waals surface area contributed by atoms with Gasteiger partial charge in [-0.25, -0.2) is 0 Å². The second-order valence-electron chi connectivity index (χ2n) is 10.3. The van der Waals surface area contributed by atoms with E-state index in [-0.39, 0.29) is 0 Å². The number of aryl methyl sites for hydroxylation is 1. The summed E-state index contributed by atoms with van der Waals surface area (Å²) >= 11 is 0. The molecule has 0 atom stereocenters. The molecule has 2 heterocycles. The van der Waals surface area contributed by atoms with Gasteiger partial charge in [-0.15, -0.1) is 0 Å². The summed E-state index contributed by atoms with van der Waals surface area (Å²) in [4.78, 5) is 0. The van der Waals surface area contributed by atoms with Gasteiger partial charge in [-0.1, -0.05) is 64.1 Å². The topological polar surface area (TPSA) is 9.86 Å². The maximum absolute atomic E-state index is 2.38. The monoisotopic (exact) mass is 434 g/mol. The van der Waals surface area contributed by atoms with Crippen molar-refractivity contribution in [2.45, 2.75) is 47.5 Å². The lowest BCUT2D eigenvalue weighted by atomic mass is 10.0. The zero-order valence-electron chi connectivity index (χ0n) is 20.5. The quantitative estimate of drug-likeness (QED) is 0.254. The highest BCUT2D eigenvalue weighted by Gasteiger charge is 2.14. The third-order valence-corrected chi connectivity index (χ3v) is 6.45. The van der Waals surface area contributed by atoms with Crippen LogP contribution in [0.25, 0.3) is 33.2 Å². The molecule has 2 aromatic heterocycles. The van der Waals surface area contributed by atoms with E-state index >= 15 is 0 Å². The van der Waals surface area contributed by atoms with Gasteiger partial charge in [-0.2, -0.15) is 0 Å². The van der Waals surface area contributed by atoms with Crippen LogP contribution >= 0.6 is 0 Å². The molecule has 0 aliphatic heterocycles. The second-order valence-corrected chi connectivity index (χ2v) is 10.3. The molecule has 0 aliphatic rings. The Kier molecular flexibility index (Phi) is 5.62. The van der Waals surface area contributed by atoms with Gasteiger partial charge in [0.1, 0.15) is 0 Å². The van der Waals surface area contributed by atoms with E-state index in [4.69, 9.17) is 0 Å². The van der Waals surface area contributed by atoms with Gasteiger partial charge in [-0.3, -0.25) is 0 Å². The molecule has 5 aromatic rings. The molecular weight excluding hydrogens is 400 g/mol. The van der Waals surface area contributed by atoms with Crippen LogP contribution in [0.5, 0.6) is 0 Å². The average molecular weight is 435 g/mol. The molecular formula is C31H34N2. The number of fused-ring (bicyclic) bond motifs is 2. The molecule has 5 rings (SSSR count). The van der Waals surface area contributed by atoms with Gasteiger partial charge in [0.25, 0.3) is 0 Å². The van der Waals surface area contributed by atoms with E-state index in [1.54, 1.807) is 0 Å². The summed E-state index contributed by atoms with van der Waals surface area (Å²) in [6, 6.07) is 24.5. The van der Waals surface area contributed by atoms with Crippen molar-refractivity contribution in [3.63, 3.8) is 0 Å². The van der Waals surface area contributed by atoms with E-state index in [0.29, 0.717) is 11.8 Å². The van der Waals surface area contributed by atoms with Gasteiger partial charge in [0, 0.05) is 34.5 Å². The third-order valence-electron chi connectivity index (χ3n) is 6.45. The predicted octanol–water partition coefficient (Wildman–Crippen LogP) is 8.28. The number of benzene rings is 3. The van der Waals surface area contributed by atoms with E-state index < -0.39 is 0 Å². The number of para-hydroxylation sites is 2. The first kappa shape index (κ1) is 21.6. The molecule has 33 heavy (non-hydrogen) atoms. The highest BCUT2D eigenvalue weighted by Crippen LogP contribution is 2.31. The molecule has 0 N–H and O–H groups in total. The summed E-state index contributed by atoms with van der Waals surface area (Å²) in [5, 5.41) is 2.72. The van der Waals surface area contributed by atoms with E-state index in [1.807, 2.05) is 0 Å². The Morgan fingerprint density at radius 3 is 1.45 bits per heavy atom. The van der Waals surface area contributed by atoms with Crippen LogP contribution in [0.3, 0.4) is 0 Å². The molecule has 0 radical (unpaired) electrons. The molecule has 0 bridgehead atoms. The van der Waals surface area contributed by atoms with Crippen LogP contribution in [0, 0.1) is 18.8 Å². The van der Waals surface area contributed by atoms with Crippen molar-refractivity contribution < 1.29 is 0 Å². The molecule has 3 aromatic carbocycles. The van der Waals surface area contributed by atoms with E-state index in [0.717, 1.165) is 12.8 Å². The van der Waals surface area contributed by atoms with E-state index in [9.17, 15) is 0 Å². The largest absolute Gasteiger partial charge is 0.316 e. The standard InChI is InChI=1S/C31H34N2/c1-21(2)14-24-19-32(30-12-8-6-10-28(24)30)26-16-23(5)17-27(18-26)33-20-25(15-22(3)4)29-11-7-9-13-31(29)33/h6-13,16-22H,14-15H2,1-5H3. The fraction of sp³-hybridized carbons (Fsp3) is 0.290. The summed E-state index contributed by atoms with van der Waals surface area (Å²) in [6.45, 7) is 11.4. The Hall–Kier alpha value is -3.26. The van der Waals surface area contributed by atoms with E-state index in [2.05, 4.69) is 123 Å². The van der Waals surface area contributed by atoms with Gasteiger partial charge >= 0.3 is 0 Å². The fourth-order valence-corrected chi connectivity index (χ4v) is 5.15. The molecule has 0 saturated heterocycles. The first-order chi connectivity index (χ1) is 15.9. The van der Waals surface area contributed by atoms with Crippen LogP contribution in [0.1, 0.15) is 44.4 Å². The highest BCUT2D eigenvalue weighted by atomic mass is 15.0. The SMILES string of the molecule is Cc1cc(-n2cc(CC(C)C)c3ccccc32)cc(-n2cc(CC(C)C)c3ccccc32)c1. The highest BCUT2D eigenvalue weighted by molar-refractivity contribution is 5.87. The molecule has 0 aliphatic carbocycles. The average Bonchev–Trinajstić information content (AvgIpc) is 3.32. The van der Waals surface area contributed by atoms with Crippen LogP contribution in [0.2, 0.25) is 0 Å². The Balaban J connectivity index is 1.69. The van der Waals surface area contributed by atoms with Gasteiger partial charge in [-0.05, 0) is 78.6 Å². The summed E-state index contributed by atoms with van der Waals surface area (Å²) < 4.78 is 4.76. The molecule has 2 heteroatoms. The van der Waals surface area contributed by atoms with Crippen molar-refractivity contribution in [3.05, 3.63) is 95.8 Å². The predicted molar refractivity (Wildman–Crippen MR) is 142 cm³/mol. The molecule has 0 unspecified atom stereocenters.